The van der Waals surface area contributed by atoms with Crippen molar-refractivity contribution >= 4 is 5.69 Å². The van der Waals surface area contributed by atoms with E-state index in [0.29, 0.717) is 11.8 Å². The summed E-state index contributed by atoms with van der Waals surface area (Å²) >= 11 is 0. The molecule has 0 aliphatic carbocycles. The summed E-state index contributed by atoms with van der Waals surface area (Å²) in [6.45, 7) is 0. The number of phenols is 1. The standard InChI is InChI=1S/C15H13N3O2/c1-16-12-6-2-10(3-7-12)14-17-18-15(20-14)11-4-8-13(19)9-5-11/h2-9,16,19H,1H3. The zero-order valence-electron chi connectivity index (χ0n) is 10.9. The van der Waals surface area contributed by atoms with Crippen molar-refractivity contribution in [1.29, 1.82) is 0 Å². The van der Waals surface area contributed by atoms with Crippen molar-refractivity contribution in [3.8, 4) is 28.7 Å². The SMILES string of the molecule is CNc1ccc(-c2nnc(-c3ccc(O)cc3)o2)cc1. The molecule has 5 nitrogen and oxygen atoms in total. The molecule has 2 N–H and O–H groups in total. The van der Waals surface area contributed by atoms with Crippen molar-refractivity contribution in [2.24, 2.45) is 0 Å². The summed E-state index contributed by atoms with van der Waals surface area (Å²) in [4.78, 5) is 0. The molecule has 20 heavy (non-hydrogen) atoms. The highest BCUT2D eigenvalue weighted by Gasteiger charge is 2.10. The van der Waals surface area contributed by atoms with Crippen molar-refractivity contribution < 1.29 is 9.52 Å². The molecule has 5 heteroatoms. The summed E-state index contributed by atoms with van der Waals surface area (Å²) in [5, 5.41) is 20.4. The molecular weight excluding hydrogens is 254 g/mol. The molecule has 100 valence electrons. The first kappa shape index (κ1) is 12.2. The van der Waals surface area contributed by atoms with E-state index < -0.39 is 0 Å². The predicted octanol–water partition coefficient (Wildman–Crippen LogP) is 3.15. The smallest absolute Gasteiger partial charge is 0.248 e. The van der Waals surface area contributed by atoms with Gasteiger partial charge in [0.1, 0.15) is 5.75 Å². The highest BCUT2D eigenvalue weighted by Crippen LogP contribution is 2.25. The number of anilines is 1. The van der Waals surface area contributed by atoms with E-state index in [9.17, 15) is 5.11 Å². The topological polar surface area (TPSA) is 71.2 Å². The first-order valence-corrected chi connectivity index (χ1v) is 6.17. The average Bonchev–Trinajstić information content (AvgIpc) is 2.98. The zero-order chi connectivity index (χ0) is 13.9. The van der Waals surface area contributed by atoms with Crippen LogP contribution in [0.5, 0.6) is 5.75 Å². The van der Waals surface area contributed by atoms with Crippen LogP contribution in [0.1, 0.15) is 0 Å². The van der Waals surface area contributed by atoms with Gasteiger partial charge in [-0.2, -0.15) is 0 Å². The predicted molar refractivity (Wildman–Crippen MR) is 76.4 cm³/mol. The Morgan fingerprint density at radius 1 is 0.850 bits per heavy atom. The van der Waals surface area contributed by atoms with Crippen LogP contribution in [0, 0.1) is 0 Å². The largest absolute Gasteiger partial charge is 0.508 e. The van der Waals surface area contributed by atoms with Crippen LogP contribution >= 0.6 is 0 Å². The number of hydrogen-bond acceptors (Lipinski definition) is 5. The number of benzene rings is 2. The molecule has 3 rings (SSSR count). The Morgan fingerprint density at radius 3 is 1.85 bits per heavy atom. The highest BCUT2D eigenvalue weighted by molar-refractivity contribution is 5.60. The summed E-state index contributed by atoms with van der Waals surface area (Å²) in [6.07, 6.45) is 0. The van der Waals surface area contributed by atoms with Crippen LogP contribution < -0.4 is 5.32 Å². The fourth-order valence-corrected chi connectivity index (χ4v) is 1.84. The van der Waals surface area contributed by atoms with Crippen LogP contribution in [-0.2, 0) is 0 Å². The van der Waals surface area contributed by atoms with Gasteiger partial charge in [0.25, 0.3) is 0 Å². The molecule has 0 bridgehead atoms. The second-order valence-electron chi connectivity index (χ2n) is 4.29. The number of rotatable bonds is 3. The lowest BCUT2D eigenvalue weighted by molar-refractivity contribution is 0.475. The number of phenolic OH excluding ortho intramolecular Hbond substituents is 1. The molecule has 0 atom stereocenters. The minimum Gasteiger partial charge on any atom is -0.508 e. The highest BCUT2D eigenvalue weighted by atomic mass is 16.4. The van der Waals surface area contributed by atoms with Gasteiger partial charge in [0.2, 0.25) is 11.8 Å². The van der Waals surface area contributed by atoms with Crippen molar-refractivity contribution in [3.63, 3.8) is 0 Å². The van der Waals surface area contributed by atoms with Crippen LogP contribution in [0.2, 0.25) is 0 Å². The van der Waals surface area contributed by atoms with Gasteiger partial charge in [-0.1, -0.05) is 0 Å². The van der Waals surface area contributed by atoms with Gasteiger partial charge in [-0.3, -0.25) is 0 Å². The molecular formula is C15H13N3O2. The Hall–Kier alpha value is -2.82. The summed E-state index contributed by atoms with van der Waals surface area (Å²) in [5.41, 5.74) is 2.65. The van der Waals surface area contributed by atoms with Gasteiger partial charge in [-0.15, -0.1) is 10.2 Å². The zero-order valence-corrected chi connectivity index (χ0v) is 10.9. The second-order valence-corrected chi connectivity index (χ2v) is 4.29. The van der Waals surface area contributed by atoms with E-state index in [1.165, 1.54) is 0 Å². The maximum Gasteiger partial charge on any atom is 0.248 e. The molecule has 1 heterocycles. The number of aromatic nitrogens is 2. The third kappa shape index (κ3) is 2.33. The normalized spacial score (nSPS) is 10.4. The molecule has 0 radical (unpaired) electrons. The average molecular weight is 267 g/mol. The van der Waals surface area contributed by atoms with E-state index in [0.717, 1.165) is 16.8 Å². The second kappa shape index (κ2) is 5.05. The van der Waals surface area contributed by atoms with Crippen molar-refractivity contribution in [2.75, 3.05) is 12.4 Å². The number of nitrogens with zero attached hydrogens (tertiary/aromatic N) is 2. The molecule has 0 unspecified atom stereocenters. The van der Waals surface area contributed by atoms with E-state index >= 15 is 0 Å². The summed E-state index contributed by atoms with van der Waals surface area (Å²) in [7, 11) is 1.87. The Labute approximate surface area is 115 Å². The first-order valence-electron chi connectivity index (χ1n) is 6.17. The molecule has 3 aromatic rings. The van der Waals surface area contributed by atoms with E-state index in [4.69, 9.17) is 4.42 Å². The maximum absolute atomic E-state index is 9.26. The number of aromatic hydroxyl groups is 1. The lowest BCUT2D eigenvalue weighted by atomic mass is 10.2. The van der Waals surface area contributed by atoms with Crippen molar-refractivity contribution in [3.05, 3.63) is 48.5 Å². The minimum atomic E-state index is 0.205. The number of nitrogens with one attached hydrogen (secondary N) is 1. The van der Waals surface area contributed by atoms with Gasteiger partial charge in [-0.05, 0) is 48.5 Å². The first-order chi connectivity index (χ1) is 9.76. The molecule has 0 amide bonds. The van der Waals surface area contributed by atoms with Crippen LogP contribution in [0.15, 0.2) is 52.9 Å². The summed E-state index contributed by atoms with van der Waals surface area (Å²) < 4.78 is 5.64. The quantitative estimate of drug-likeness (QED) is 0.762. The lowest BCUT2D eigenvalue weighted by Crippen LogP contribution is -1.86. The third-order valence-corrected chi connectivity index (χ3v) is 2.96. The van der Waals surface area contributed by atoms with Gasteiger partial charge in [0.05, 0.1) is 0 Å². The van der Waals surface area contributed by atoms with Crippen LogP contribution in [0.4, 0.5) is 5.69 Å². The van der Waals surface area contributed by atoms with Gasteiger partial charge in [-0.25, -0.2) is 0 Å². The van der Waals surface area contributed by atoms with Gasteiger partial charge in [0, 0.05) is 23.9 Å². The van der Waals surface area contributed by atoms with Gasteiger partial charge < -0.3 is 14.8 Å². The minimum absolute atomic E-state index is 0.205. The molecule has 1 aromatic heterocycles. The van der Waals surface area contributed by atoms with Crippen LogP contribution in [0.25, 0.3) is 22.9 Å². The molecule has 0 spiro atoms. The molecule has 0 aliphatic rings. The Morgan fingerprint density at radius 2 is 1.35 bits per heavy atom. The fourth-order valence-electron chi connectivity index (χ4n) is 1.84. The van der Waals surface area contributed by atoms with Gasteiger partial charge in [0.15, 0.2) is 0 Å². The molecule has 0 fully saturated rings. The molecule has 0 aliphatic heterocycles. The summed E-state index contributed by atoms with van der Waals surface area (Å²) in [5.74, 6) is 1.10. The van der Waals surface area contributed by atoms with Crippen molar-refractivity contribution in [2.45, 2.75) is 0 Å². The molecule has 0 saturated carbocycles. The van der Waals surface area contributed by atoms with Crippen LogP contribution in [0.3, 0.4) is 0 Å². The van der Waals surface area contributed by atoms with E-state index in [1.54, 1.807) is 24.3 Å². The van der Waals surface area contributed by atoms with E-state index in [2.05, 4.69) is 15.5 Å². The van der Waals surface area contributed by atoms with Crippen LogP contribution in [-0.4, -0.2) is 22.4 Å². The molecule has 0 saturated heterocycles. The molecule has 2 aromatic carbocycles. The third-order valence-electron chi connectivity index (χ3n) is 2.96. The number of hydrogen-bond donors (Lipinski definition) is 2. The lowest BCUT2D eigenvalue weighted by Gasteiger charge is -1.99. The van der Waals surface area contributed by atoms with Gasteiger partial charge >= 0.3 is 0 Å². The van der Waals surface area contributed by atoms with Crippen molar-refractivity contribution in [1.82, 2.24) is 10.2 Å². The fraction of sp³-hybridized carbons (Fsp3) is 0.0667. The van der Waals surface area contributed by atoms with E-state index in [1.807, 2.05) is 31.3 Å². The Bertz CT molecular complexity index is 703. The Balaban J connectivity index is 1.91. The monoisotopic (exact) mass is 267 g/mol. The maximum atomic E-state index is 9.26. The Kier molecular flexibility index (Phi) is 3.09. The summed E-state index contributed by atoms with van der Waals surface area (Å²) in [6, 6.07) is 14.4. The van der Waals surface area contributed by atoms with E-state index in [-0.39, 0.29) is 5.75 Å².